The first kappa shape index (κ1) is 17.3. The molecular formula is C22H25NO3. The van der Waals surface area contributed by atoms with Gasteiger partial charge >= 0.3 is 5.97 Å². The molecule has 1 saturated heterocycles. The van der Waals surface area contributed by atoms with E-state index in [0.717, 1.165) is 25.8 Å². The number of piperidine rings is 1. The second-order valence-corrected chi connectivity index (χ2v) is 7.26. The van der Waals surface area contributed by atoms with Crippen LogP contribution in [0.1, 0.15) is 42.7 Å². The molecule has 2 atom stereocenters. The van der Waals surface area contributed by atoms with Crippen LogP contribution in [-0.4, -0.2) is 36.4 Å². The Labute approximate surface area is 154 Å². The number of benzene rings is 2. The number of rotatable bonds is 5. The normalized spacial score (nSPS) is 20.3. The zero-order valence-electron chi connectivity index (χ0n) is 14.9. The third kappa shape index (κ3) is 3.39. The molecule has 0 spiro atoms. The first-order valence-corrected chi connectivity index (χ1v) is 9.50. The summed E-state index contributed by atoms with van der Waals surface area (Å²) in [6.07, 6.45) is 2.69. The molecule has 2 aliphatic rings. The van der Waals surface area contributed by atoms with Crippen molar-refractivity contribution in [3.8, 4) is 11.1 Å². The Balaban J connectivity index is 1.42. The van der Waals surface area contributed by atoms with E-state index >= 15 is 0 Å². The van der Waals surface area contributed by atoms with Crippen molar-refractivity contribution in [1.82, 2.24) is 5.32 Å². The van der Waals surface area contributed by atoms with Crippen molar-refractivity contribution in [1.29, 1.82) is 0 Å². The molecule has 2 N–H and O–H groups in total. The van der Waals surface area contributed by atoms with Gasteiger partial charge in [-0.25, -0.2) is 4.79 Å². The minimum Gasteiger partial charge on any atom is -0.463 e. The number of hydrogen-bond acceptors (Lipinski definition) is 4. The molecule has 1 aliphatic heterocycles. The van der Waals surface area contributed by atoms with Crippen LogP contribution in [0, 0.1) is 0 Å². The van der Waals surface area contributed by atoms with E-state index in [1.807, 2.05) is 24.3 Å². The predicted molar refractivity (Wildman–Crippen MR) is 101 cm³/mol. The quantitative estimate of drug-likeness (QED) is 0.812. The smallest absolute Gasteiger partial charge is 0.335 e. The summed E-state index contributed by atoms with van der Waals surface area (Å²) in [5.74, 6) is -0.481. The highest BCUT2D eigenvalue weighted by molar-refractivity contribution is 5.79. The third-order valence-electron chi connectivity index (χ3n) is 5.55. The van der Waals surface area contributed by atoms with E-state index in [9.17, 15) is 9.90 Å². The van der Waals surface area contributed by atoms with E-state index < -0.39 is 12.1 Å². The van der Waals surface area contributed by atoms with Crippen molar-refractivity contribution in [2.24, 2.45) is 0 Å². The van der Waals surface area contributed by atoms with Crippen LogP contribution in [0.2, 0.25) is 0 Å². The summed E-state index contributed by atoms with van der Waals surface area (Å²) in [5, 5.41) is 13.6. The topological polar surface area (TPSA) is 58.6 Å². The summed E-state index contributed by atoms with van der Waals surface area (Å²) >= 11 is 0. The predicted octanol–water partition coefficient (Wildman–Crippen LogP) is 3.24. The highest BCUT2D eigenvalue weighted by Crippen LogP contribution is 2.44. The maximum Gasteiger partial charge on any atom is 0.335 e. The molecule has 1 aliphatic carbocycles. The molecule has 1 heterocycles. The van der Waals surface area contributed by atoms with Crippen molar-refractivity contribution >= 4 is 5.97 Å². The third-order valence-corrected chi connectivity index (χ3v) is 5.55. The van der Waals surface area contributed by atoms with Gasteiger partial charge in [-0.2, -0.15) is 0 Å². The zero-order valence-corrected chi connectivity index (χ0v) is 14.9. The maximum absolute atomic E-state index is 12.3. The minimum atomic E-state index is -1.06. The maximum atomic E-state index is 12.3. The number of aliphatic hydroxyl groups is 1. The fraction of sp³-hybridized carbons (Fsp3) is 0.409. The number of hydrogen-bond donors (Lipinski definition) is 2. The molecule has 2 aromatic carbocycles. The van der Waals surface area contributed by atoms with E-state index in [4.69, 9.17) is 4.74 Å². The molecule has 136 valence electrons. The Kier molecular flexibility index (Phi) is 5.05. The molecule has 4 nitrogen and oxygen atoms in total. The van der Waals surface area contributed by atoms with Gasteiger partial charge in [0.2, 0.25) is 0 Å². The lowest BCUT2D eigenvalue weighted by atomic mass is 9.98. The Morgan fingerprint density at radius 2 is 1.73 bits per heavy atom. The van der Waals surface area contributed by atoms with Crippen LogP contribution in [0.5, 0.6) is 0 Å². The largest absolute Gasteiger partial charge is 0.463 e. The molecule has 0 radical (unpaired) electrons. The van der Waals surface area contributed by atoms with Crippen LogP contribution in [0.25, 0.3) is 11.1 Å². The fourth-order valence-electron chi connectivity index (χ4n) is 4.19. The molecule has 0 saturated carbocycles. The van der Waals surface area contributed by atoms with Gasteiger partial charge in [-0.05, 0) is 48.1 Å². The van der Waals surface area contributed by atoms with Gasteiger partial charge < -0.3 is 15.2 Å². The van der Waals surface area contributed by atoms with Crippen molar-refractivity contribution in [2.75, 3.05) is 13.2 Å². The average Bonchev–Trinajstić information content (AvgIpc) is 3.01. The van der Waals surface area contributed by atoms with Gasteiger partial charge in [0.25, 0.3) is 0 Å². The Hall–Kier alpha value is -2.17. The SMILES string of the molecule is O=C(OCC1c2ccccc2-c2ccccc21)C(O)CC1CCCCN1. The van der Waals surface area contributed by atoms with Crippen LogP contribution in [0.3, 0.4) is 0 Å². The Morgan fingerprint density at radius 1 is 1.08 bits per heavy atom. The van der Waals surface area contributed by atoms with Crippen LogP contribution < -0.4 is 5.32 Å². The number of carbonyl (C=O) groups excluding carboxylic acids is 1. The lowest BCUT2D eigenvalue weighted by molar-refractivity contribution is -0.154. The van der Waals surface area contributed by atoms with Crippen molar-refractivity contribution in [3.63, 3.8) is 0 Å². The molecule has 0 bridgehead atoms. The van der Waals surface area contributed by atoms with Crippen LogP contribution in [0.4, 0.5) is 0 Å². The second-order valence-electron chi connectivity index (χ2n) is 7.26. The van der Waals surface area contributed by atoms with Gasteiger partial charge in [0.15, 0.2) is 6.10 Å². The lowest BCUT2D eigenvalue weighted by Crippen LogP contribution is -2.39. The number of nitrogens with one attached hydrogen (secondary N) is 1. The van der Waals surface area contributed by atoms with Gasteiger partial charge in [-0.3, -0.25) is 0 Å². The summed E-state index contributed by atoms with van der Waals surface area (Å²) in [7, 11) is 0. The molecular weight excluding hydrogens is 326 g/mol. The van der Waals surface area contributed by atoms with Gasteiger partial charge in [0.1, 0.15) is 6.61 Å². The summed E-state index contributed by atoms with van der Waals surface area (Å²) in [4.78, 5) is 12.3. The standard InChI is InChI=1S/C22H25NO3/c24-21(13-15-7-5-6-12-23-15)22(25)26-14-20-18-10-3-1-8-16(18)17-9-2-4-11-19(17)20/h1-4,8-11,15,20-21,23-24H,5-7,12-14H2. The molecule has 2 aromatic rings. The van der Waals surface area contributed by atoms with Crippen molar-refractivity contribution < 1.29 is 14.6 Å². The van der Waals surface area contributed by atoms with Crippen LogP contribution >= 0.6 is 0 Å². The lowest BCUT2D eigenvalue weighted by Gasteiger charge is -2.25. The van der Waals surface area contributed by atoms with E-state index in [1.165, 1.54) is 22.3 Å². The Morgan fingerprint density at radius 3 is 2.35 bits per heavy atom. The molecule has 1 fully saturated rings. The zero-order chi connectivity index (χ0) is 17.9. The highest BCUT2D eigenvalue weighted by atomic mass is 16.5. The van der Waals surface area contributed by atoms with Crippen LogP contribution in [0.15, 0.2) is 48.5 Å². The molecule has 0 amide bonds. The fourth-order valence-corrected chi connectivity index (χ4v) is 4.19. The molecule has 0 aromatic heterocycles. The number of fused-ring (bicyclic) bond motifs is 3. The van der Waals surface area contributed by atoms with Gasteiger partial charge in [-0.1, -0.05) is 55.0 Å². The van der Waals surface area contributed by atoms with E-state index in [2.05, 4.69) is 29.6 Å². The first-order chi connectivity index (χ1) is 12.7. The second kappa shape index (κ2) is 7.60. The van der Waals surface area contributed by atoms with E-state index in [0.29, 0.717) is 6.42 Å². The van der Waals surface area contributed by atoms with Crippen molar-refractivity contribution in [3.05, 3.63) is 59.7 Å². The molecule has 26 heavy (non-hydrogen) atoms. The van der Waals surface area contributed by atoms with Crippen molar-refractivity contribution in [2.45, 2.75) is 43.7 Å². The minimum absolute atomic E-state index is 0.0337. The van der Waals surface area contributed by atoms with Gasteiger partial charge in [-0.15, -0.1) is 0 Å². The van der Waals surface area contributed by atoms with Gasteiger partial charge in [0, 0.05) is 12.0 Å². The summed E-state index contributed by atoms with van der Waals surface area (Å²) in [5.41, 5.74) is 4.78. The summed E-state index contributed by atoms with van der Waals surface area (Å²) < 4.78 is 5.53. The molecule has 4 heteroatoms. The molecule has 4 rings (SSSR count). The molecule has 2 unspecified atom stereocenters. The number of esters is 1. The number of aliphatic hydroxyl groups excluding tert-OH is 1. The van der Waals surface area contributed by atoms with E-state index in [1.54, 1.807) is 0 Å². The van der Waals surface area contributed by atoms with E-state index in [-0.39, 0.29) is 18.6 Å². The monoisotopic (exact) mass is 351 g/mol. The summed E-state index contributed by atoms with van der Waals surface area (Å²) in [6.45, 7) is 1.23. The Bertz CT molecular complexity index is 737. The van der Waals surface area contributed by atoms with Gasteiger partial charge in [0.05, 0.1) is 0 Å². The average molecular weight is 351 g/mol. The van der Waals surface area contributed by atoms with Crippen LogP contribution in [-0.2, 0) is 9.53 Å². The summed E-state index contributed by atoms with van der Waals surface area (Å²) in [6, 6.07) is 16.7. The first-order valence-electron chi connectivity index (χ1n) is 9.50. The highest BCUT2D eigenvalue weighted by Gasteiger charge is 2.30. The number of carbonyl (C=O) groups is 1. The number of ether oxygens (including phenoxy) is 1.